The number of halogens is 1. The minimum absolute atomic E-state index is 0.155. The zero-order chi connectivity index (χ0) is 15.5. The van der Waals surface area contributed by atoms with Crippen LogP contribution in [0.5, 0.6) is 0 Å². The Hall–Kier alpha value is -1.68. The lowest BCUT2D eigenvalue weighted by Gasteiger charge is -2.33. The summed E-state index contributed by atoms with van der Waals surface area (Å²) in [4.78, 5) is 14.2. The van der Waals surface area contributed by atoms with Crippen LogP contribution in [-0.2, 0) is 17.6 Å². The molecule has 1 heterocycles. The highest BCUT2D eigenvalue weighted by Gasteiger charge is 2.23. The van der Waals surface area contributed by atoms with Gasteiger partial charge in [0.15, 0.2) is 5.78 Å². The van der Waals surface area contributed by atoms with Crippen molar-refractivity contribution in [3.05, 3.63) is 34.9 Å². The second kappa shape index (κ2) is 6.61. The highest BCUT2D eigenvalue weighted by Crippen LogP contribution is 2.36. The van der Waals surface area contributed by atoms with Gasteiger partial charge >= 0.3 is 0 Å². The first-order valence-electron chi connectivity index (χ1n) is 8.13. The van der Waals surface area contributed by atoms with Gasteiger partial charge in [-0.25, -0.2) is 0 Å². The maximum absolute atomic E-state index is 12.5. The van der Waals surface area contributed by atoms with Crippen molar-refractivity contribution >= 4 is 17.0 Å². The van der Waals surface area contributed by atoms with Crippen LogP contribution in [0.3, 0.4) is 0 Å². The molecule has 0 fully saturated rings. The number of hydrogen-bond donors (Lipinski definition) is 1. The third-order valence-electron chi connectivity index (χ3n) is 4.54. The monoisotopic (exact) mass is 302 g/mol. The molecule has 2 aliphatic rings. The average Bonchev–Trinajstić information content (AvgIpc) is 2.51. The topological polar surface area (TPSA) is 46.3 Å². The third kappa shape index (κ3) is 2.93. The van der Waals surface area contributed by atoms with Crippen molar-refractivity contribution < 1.29 is 9.18 Å². The van der Waals surface area contributed by atoms with E-state index < -0.39 is 0 Å². The van der Waals surface area contributed by atoms with E-state index in [4.69, 9.17) is 5.73 Å². The molecule has 0 saturated heterocycles. The van der Waals surface area contributed by atoms with Gasteiger partial charge in [0.2, 0.25) is 0 Å². The Labute approximate surface area is 131 Å². The second-order valence-electron chi connectivity index (χ2n) is 6.12. The van der Waals surface area contributed by atoms with E-state index in [0.717, 1.165) is 43.5 Å². The summed E-state index contributed by atoms with van der Waals surface area (Å²) in [7, 11) is 0. The molecule has 0 radical (unpaired) electrons. The van der Waals surface area contributed by atoms with Crippen molar-refractivity contribution in [2.45, 2.75) is 32.1 Å². The van der Waals surface area contributed by atoms with Gasteiger partial charge in [0.1, 0.15) is 0 Å². The lowest BCUT2D eigenvalue weighted by molar-refractivity contribution is -0.114. The molecule has 2 N–H and O–H groups in total. The van der Waals surface area contributed by atoms with Crippen molar-refractivity contribution in [3.8, 4) is 0 Å². The SMILES string of the molecule is NCCC1=CC(=O)Cc2cc3c(cc21)CCCN3CCCF. The molecular weight excluding hydrogens is 279 g/mol. The number of aryl methyl sites for hydroxylation is 1. The molecule has 4 heteroatoms. The summed E-state index contributed by atoms with van der Waals surface area (Å²) in [5, 5.41) is 0. The molecule has 1 aliphatic heterocycles. The van der Waals surface area contributed by atoms with Gasteiger partial charge in [0.25, 0.3) is 0 Å². The summed E-state index contributed by atoms with van der Waals surface area (Å²) in [6, 6.07) is 4.39. The molecule has 1 aromatic carbocycles. The van der Waals surface area contributed by atoms with Gasteiger partial charge in [-0.1, -0.05) is 0 Å². The Morgan fingerprint density at radius 1 is 1.27 bits per heavy atom. The first-order valence-corrected chi connectivity index (χ1v) is 8.13. The fraction of sp³-hybridized carbons (Fsp3) is 0.500. The fourth-order valence-electron chi connectivity index (χ4n) is 3.55. The Kier molecular flexibility index (Phi) is 4.57. The zero-order valence-corrected chi connectivity index (χ0v) is 12.9. The zero-order valence-electron chi connectivity index (χ0n) is 12.9. The van der Waals surface area contributed by atoms with Crippen LogP contribution in [-0.4, -0.2) is 32.1 Å². The number of rotatable bonds is 5. The number of carbonyl (C=O) groups is 1. The molecule has 1 aromatic rings. The Balaban J connectivity index is 1.98. The van der Waals surface area contributed by atoms with E-state index in [1.165, 1.54) is 16.8 Å². The van der Waals surface area contributed by atoms with Crippen molar-refractivity contribution in [1.82, 2.24) is 0 Å². The number of alkyl halides is 1. The maximum atomic E-state index is 12.5. The van der Waals surface area contributed by atoms with Gasteiger partial charge in [-0.3, -0.25) is 9.18 Å². The number of ketones is 1. The van der Waals surface area contributed by atoms with E-state index in [9.17, 15) is 9.18 Å². The summed E-state index contributed by atoms with van der Waals surface area (Å²) in [5.74, 6) is 0.155. The minimum Gasteiger partial charge on any atom is -0.371 e. The summed E-state index contributed by atoms with van der Waals surface area (Å²) in [5.41, 5.74) is 11.6. The minimum atomic E-state index is -0.279. The van der Waals surface area contributed by atoms with Crippen LogP contribution < -0.4 is 10.6 Å². The van der Waals surface area contributed by atoms with Gasteiger partial charge in [0.05, 0.1) is 6.67 Å². The van der Waals surface area contributed by atoms with Crippen LogP contribution >= 0.6 is 0 Å². The molecule has 3 nitrogen and oxygen atoms in total. The van der Waals surface area contributed by atoms with E-state index in [-0.39, 0.29) is 12.5 Å². The number of carbonyl (C=O) groups excluding carboxylic acids is 1. The smallest absolute Gasteiger partial charge is 0.160 e. The van der Waals surface area contributed by atoms with Gasteiger partial charge in [-0.15, -0.1) is 0 Å². The average molecular weight is 302 g/mol. The fourth-order valence-corrected chi connectivity index (χ4v) is 3.55. The molecule has 0 unspecified atom stereocenters. The summed E-state index contributed by atoms with van der Waals surface area (Å²) < 4.78 is 12.5. The molecule has 0 spiro atoms. The standard InChI is InChI=1S/C18H23FN2O/c19-5-2-8-21-7-1-3-14-11-17-13(4-6-20)9-16(22)10-15(17)12-18(14)21/h9,11-12H,1-8,10,20H2. The molecule has 118 valence electrons. The predicted molar refractivity (Wildman–Crippen MR) is 87.9 cm³/mol. The highest BCUT2D eigenvalue weighted by molar-refractivity contribution is 6.02. The van der Waals surface area contributed by atoms with Crippen LogP contribution in [0.1, 0.15) is 36.0 Å². The summed E-state index contributed by atoms with van der Waals surface area (Å²) >= 11 is 0. The number of fused-ring (bicyclic) bond motifs is 2. The number of allylic oxidation sites excluding steroid dienone is 1. The van der Waals surface area contributed by atoms with E-state index >= 15 is 0 Å². The van der Waals surface area contributed by atoms with Gasteiger partial charge in [-0.2, -0.15) is 0 Å². The number of nitrogens with zero attached hydrogens (tertiary/aromatic N) is 1. The van der Waals surface area contributed by atoms with Crippen LogP contribution in [0, 0.1) is 0 Å². The predicted octanol–water partition coefficient (Wildman–Crippen LogP) is 2.66. The van der Waals surface area contributed by atoms with Crippen LogP contribution in [0.4, 0.5) is 10.1 Å². The van der Waals surface area contributed by atoms with Gasteiger partial charge < -0.3 is 10.6 Å². The molecule has 0 atom stereocenters. The van der Waals surface area contributed by atoms with E-state index in [2.05, 4.69) is 17.0 Å². The summed E-state index contributed by atoms with van der Waals surface area (Å²) in [6.07, 6.45) is 5.68. The van der Waals surface area contributed by atoms with Crippen LogP contribution in [0.2, 0.25) is 0 Å². The maximum Gasteiger partial charge on any atom is 0.160 e. The number of anilines is 1. The van der Waals surface area contributed by atoms with Crippen LogP contribution in [0.15, 0.2) is 18.2 Å². The second-order valence-corrected chi connectivity index (χ2v) is 6.12. The van der Waals surface area contributed by atoms with Crippen LogP contribution in [0.25, 0.3) is 5.57 Å². The number of hydrogen-bond acceptors (Lipinski definition) is 3. The lowest BCUT2D eigenvalue weighted by atomic mass is 9.85. The van der Waals surface area contributed by atoms with E-state index in [0.29, 0.717) is 19.4 Å². The van der Waals surface area contributed by atoms with Gasteiger partial charge in [-0.05, 0) is 72.7 Å². The molecule has 1 aliphatic carbocycles. The largest absolute Gasteiger partial charge is 0.371 e. The highest BCUT2D eigenvalue weighted by atomic mass is 19.1. The van der Waals surface area contributed by atoms with Gasteiger partial charge in [0, 0.05) is 25.2 Å². The first-order chi connectivity index (χ1) is 10.7. The molecule has 0 aromatic heterocycles. The molecule has 0 saturated carbocycles. The Bertz CT molecular complexity index is 609. The van der Waals surface area contributed by atoms with E-state index in [1.54, 1.807) is 6.08 Å². The Morgan fingerprint density at radius 2 is 2.14 bits per heavy atom. The summed E-state index contributed by atoms with van der Waals surface area (Å²) in [6.45, 7) is 2.00. The molecular formula is C18H23FN2O. The normalized spacial score (nSPS) is 17.1. The van der Waals surface area contributed by atoms with Crippen molar-refractivity contribution in [2.75, 3.05) is 31.2 Å². The Morgan fingerprint density at radius 3 is 2.91 bits per heavy atom. The third-order valence-corrected chi connectivity index (χ3v) is 4.54. The first kappa shape index (κ1) is 15.2. The number of benzene rings is 1. The van der Waals surface area contributed by atoms with Crippen molar-refractivity contribution in [1.29, 1.82) is 0 Å². The van der Waals surface area contributed by atoms with E-state index in [1.807, 2.05) is 0 Å². The molecule has 0 amide bonds. The van der Waals surface area contributed by atoms with Crippen molar-refractivity contribution in [3.63, 3.8) is 0 Å². The number of nitrogens with two attached hydrogens (primary N) is 1. The van der Waals surface area contributed by atoms with Crippen molar-refractivity contribution in [2.24, 2.45) is 5.73 Å². The quantitative estimate of drug-likeness (QED) is 0.909. The molecule has 0 bridgehead atoms. The lowest BCUT2D eigenvalue weighted by Crippen LogP contribution is -2.31. The molecule has 3 rings (SSSR count). The molecule has 22 heavy (non-hydrogen) atoms.